The second-order valence-corrected chi connectivity index (χ2v) is 6.21. The number of imidazole rings is 1. The summed E-state index contributed by atoms with van der Waals surface area (Å²) in [5.41, 5.74) is 4.67. The molecule has 0 fully saturated rings. The summed E-state index contributed by atoms with van der Waals surface area (Å²) in [5.74, 6) is 1.55. The number of nitrogens with one attached hydrogen (secondary N) is 1. The Morgan fingerprint density at radius 1 is 0.926 bits per heavy atom. The fraction of sp³-hybridized carbons (Fsp3) is 0.143. The lowest BCUT2D eigenvalue weighted by molar-refractivity contribution is 0.415. The van der Waals surface area contributed by atoms with Crippen LogP contribution in [0, 0.1) is 6.92 Å². The molecule has 0 spiro atoms. The van der Waals surface area contributed by atoms with Gasteiger partial charge in [-0.1, -0.05) is 0 Å². The van der Waals surface area contributed by atoms with E-state index in [9.17, 15) is 0 Å². The van der Waals surface area contributed by atoms with Crippen LogP contribution in [0.25, 0.3) is 16.6 Å². The Hall–Kier alpha value is -3.54. The fourth-order valence-electron chi connectivity index (χ4n) is 3.00. The molecule has 0 bridgehead atoms. The van der Waals surface area contributed by atoms with Crippen molar-refractivity contribution in [2.24, 2.45) is 0 Å². The van der Waals surface area contributed by atoms with Gasteiger partial charge >= 0.3 is 0 Å². The van der Waals surface area contributed by atoms with Crippen molar-refractivity contribution in [3.8, 4) is 17.2 Å². The van der Waals surface area contributed by atoms with Crippen LogP contribution in [0.2, 0.25) is 0 Å². The predicted molar refractivity (Wildman–Crippen MR) is 106 cm³/mol. The number of benzene rings is 2. The molecule has 0 aliphatic carbocycles. The van der Waals surface area contributed by atoms with E-state index in [1.54, 1.807) is 26.7 Å². The average Bonchev–Trinajstić information content (AvgIpc) is 3.14. The molecule has 0 unspecified atom stereocenters. The van der Waals surface area contributed by atoms with Crippen LogP contribution in [0.15, 0.2) is 61.2 Å². The number of hydrogen-bond donors (Lipinski definition) is 1. The number of ether oxygens (including phenoxy) is 2. The molecule has 4 rings (SSSR count). The van der Waals surface area contributed by atoms with Crippen molar-refractivity contribution in [1.82, 2.24) is 14.5 Å². The van der Waals surface area contributed by atoms with Gasteiger partial charge in [-0.05, 0) is 37.3 Å². The molecule has 4 aromatic rings. The van der Waals surface area contributed by atoms with Crippen molar-refractivity contribution in [3.05, 3.63) is 66.9 Å². The molecule has 1 N–H and O–H groups in total. The molecular weight excluding hydrogens is 340 g/mol. The SMILES string of the molecule is COc1cc(Nc2ccnc3ccc(OC)cc23)cc(-n2cnc(C)c2)c1. The van der Waals surface area contributed by atoms with E-state index in [0.29, 0.717) is 0 Å². The molecule has 0 aliphatic rings. The van der Waals surface area contributed by atoms with Gasteiger partial charge in [0.05, 0.1) is 37.4 Å². The first-order valence-corrected chi connectivity index (χ1v) is 8.56. The number of anilines is 2. The van der Waals surface area contributed by atoms with Crippen LogP contribution in [0.4, 0.5) is 11.4 Å². The second-order valence-electron chi connectivity index (χ2n) is 6.21. The van der Waals surface area contributed by atoms with Crippen molar-refractivity contribution in [2.75, 3.05) is 19.5 Å². The summed E-state index contributed by atoms with van der Waals surface area (Å²) in [6, 6.07) is 13.8. The Kier molecular flexibility index (Phi) is 4.38. The molecule has 2 heterocycles. The molecule has 136 valence electrons. The largest absolute Gasteiger partial charge is 0.497 e. The molecule has 6 nitrogen and oxygen atoms in total. The Balaban J connectivity index is 1.77. The van der Waals surface area contributed by atoms with Gasteiger partial charge in [0, 0.05) is 41.3 Å². The highest BCUT2D eigenvalue weighted by atomic mass is 16.5. The molecule has 0 saturated carbocycles. The van der Waals surface area contributed by atoms with E-state index >= 15 is 0 Å². The Morgan fingerprint density at radius 2 is 1.78 bits per heavy atom. The quantitative estimate of drug-likeness (QED) is 0.568. The molecule has 0 atom stereocenters. The highest BCUT2D eigenvalue weighted by Crippen LogP contribution is 2.31. The van der Waals surface area contributed by atoms with E-state index in [2.05, 4.69) is 21.4 Å². The maximum atomic E-state index is 5.48. The number of aromatic nitrogens is 3. The lowest BCUT2D eigenvalue weighted by Crippen LogP contribution is -1.97. The smallest absolute Gasteiger partial charge is 0.123 e. The Labute approximate surface area is 157 Å². The zero-order valence-electron chi connectivity index (χ0n) is 15.4. The fourth-order valence-corrected chi connectivity index (χ4v) is 3.00. The second kappa shape index (κ2) is 6.99. The highest BCUT2D eigenvalue weighted by molar-refractivity contribution is 5.93. The molecule has 0 saturated heterocycles. The zero-order valence-corrected chi connectivity index (χ0v) is 15.4. The minimum atomic E-state index is 0.761. The van der Waals surface area contributed by atoms with Gasteiger partial charge in [-0.3, -0.25) is 4.98 Å². The lowest BCUT2D eigenvalue weighted by atomic mass is 10.1. The third-order valence-corrected chi connectivity index (χ3v) is 4.36. The maximum absolute atomic E-state index is 5.48. The van der Waals surface area contributed by atoms with Gasteiger partial charge in [0.15, 0.2) is 0 Å². The summed E-state index contributed by atoms with van der Waals surface area (Å²) in [5, 5.41) is 4.47. The van der Waals surface area contributed by atoms with Crippen molar-refractivity contribution in [3.63, 3.8) is 0 Å². The van der Waals surface area contributed by atoms with Crippen molar-refractivity contribution >= 4 is 22.3 Å². The number of methoxy groups -OCH3 is 2. The molecule has 0 radical (unpaired) electrons. The van der Waals surface area contributed by atoms with E-state index in [1.807, 2.05) is 54.1 Å². The van der Waals surface area contributed by atoms with E-state index in [0.717, 1.165) is 45.2 Å². The summed E-state index contributed by atoms with van der Waals surface area (Å²) < 4.78 is 12.8. The van der Waals surface area contributed by atoms with Crippen LogP contribution < -0.4 is 14.8 Å². The van der Waals surface area contributed by atoms with E-state index in [-0.39, 0.29) is 0 Å². The maximum Gasteiger partial charge on any atom is 0.123 e. The molecule has 27 heavy (non-hydrogen) atoms. The number of pyridine rings is 1. The first-order valence-electron chi connectivity index (χ1n) is 8.56. The molecule has 6 heteroatoms. The zero-order chi connectivity index (χ0) is 18.8. The van der Waals surface area contributed by atoms with Gasteiger partial charge in [0.1, 0.15) is 11.5 Å². The monoisotopic (exact) mass is 360 g/mol. The number of rotatable bonds is 5. The molecular formula is C21H20N4O2. The molecule has 0 amide bonds. The van der Waals surface area contributed by atoms with Crippen LogP contribution in [0.5, 0.6) is 11.5 Å². The van der Waals surface area contributed by atoms with Gasteiger partial charge in [0.25, 0.3) is 0 Å². The highest BCUT2D eigenvalue weighted by Gasteiger charge is 2.08. The third-order valence-electron chi connectivity index (χ3n) is 4.36. The predicted octanol–water partition coefficient (Wildman–Crippen LogP) is 4.49. The van der Waals surface area contributed by atoms with E-state index in [4.69, 9.17) is 9.47 Å². The van der Waals surface area contributed by atoms with Crippen molar-refractivity contribution in [1.29, 1.82) is 0 Å². The van der Waals surface area contributed by atoms with Crippen molar-refractivity contribution < 1.29 is 9.47 Å². The number of hydrogen-bond acceptors (Lipinski definition) is 5. The van der Waals surface area contributed by atoms with Gasteiger partial charge in [-0.25, -0.2) is 4.98 Å². The third kappa shape index (κ3) is 3.42. The van der Waals surface area contributed by atoms with E-state index in [1.165, 1.54) is 0 Å². The van der Waals surface area contributed by atoms with Gasteiger partial charge in [-0.15, -0.1) is 0 Å². The summed E-state index contributed by atoms with van der Waals surface area (Å²) in [6.07, 6.45) is 5.56. The van der Waals surface area contributed by atoms with Crippen LogP contribution in [0.3, 0.4) is 0 Å². The van der Waals surface area contributed by atoms with Crippen LogP contribution in [0.1, 0.15) is 5.69 Å². The first-order chi connectivity index (χ1) is 13.2. The molecule has 2 aromatic carbocycles. The lowest BCUT2D eigenvalue weighted by Gasteiger charge is -2.13. The minimum absolute atomic E-state index is 0.761. The molecule has 0 aliphatic heterocycles. The topological polar surface area (TPSA) is 61.2 Å². The standard InChI is InChI=1S/C21H20N4O2/c1-14-12-25(13-23-14)16-8-15(9-18(10-16)27-3)24-21-6-7-22-20-5-4-17(26-2)11-19(20)21/h4-13H,1-3H3,(H,22,24). The van der Waals surface area contributed by atoms with Crippen LogP contribution >= 0.6 is 0 Å². The summed E-state index contributed by atoms with van der Waals surface area (Å²) in [6.45, 7) is 1.96. The number of aryl methyl sites for hydroxylation is 1. The first kappa shape index (κ1) is 16.9. The molecule has 2 aromatic heterocycles. The van der Waals surface area contributed by atoms with Gasteiger partial charge in [-0.2, -0.15) is 0 Å². The Bertz CT molecular complexity index is 1100. The van der Waals surface area contributed by atoms with E-state index < -0.39 is 0 Å². The van der Waals surface area contributed by atoms with Crippen LogP contribution in [-0.2, 0) is 0 Å². The Morgan fingerprint density at radius 3 is 2.52 bits per heavy atom. The van der Waals surface area contributed by atoms with Gasteiger partial charge in [0.2, 0.25) is 0 Å². The summed E-state index contributed by atoms with van der Waals surface area (Å²) in [4.78, 5) is 8.73. The normalized spacial score (nSPS) is 10.8. The summed E-state index contributed by atoms with van der Waals surface area (Å²) in [7, 11) is 3.32. The minimum Gasteiger partial charge on any atom is -0.497 e. The summed E-state index contributed by atoms with van der Waals surface area (Å²) >= 11 is 0. The number of nitrogens with zero attached hydrogens (tertiary/aromatic N) is 3. The van der Waals surface area contributed by atoms with Gasteiger partial charge < -0.3 is 19.4 Å². The van der Waals surface area contributed by atoms with Crippen molar-refractivity contribution in [2.45, 2.75) is 6.92 Å². The van der Waals surface area contributed by atoms with Crippen LogP contribution in [-0.4, -0.2) is 28.8 Å². The average molecular weight is 360 g/mol. The number of fused-ring (bicyclic) bond motifs is 1.